The zero-order chi connectivity index (χ0) is 21.1. The normalized spacial score (nSPS) is 13.0. The van der Waals surface area contributed by atoms with Gasteiger partial charge in [0.05, 0.1) is 30.0 Å². The van der Waals surface area contributed by atoms with Crippen molar-refractivity contribution < 1.29 is 9.59 Å². The largest absolute Gasteiger partial charge is 0.347 e. The van der Waals surface area contributed by atoms with Crippen LogP contribution in [0.3, 0.4) is 0 Å². The zero-order valence-corrected chi connectivity index (χ0v) is 16.6. The Labute approximate surface area is 172 Å². The van der Waals surface area contributed by atoms with E-state index >= 15 is 0 Å². The van der Waals surface area contributed by atoms with Crippen LogP contribution in [0.15, 0.2) is 37.2 Å². The Morgan fingerprint density at radius 2 is 1.97 bits per heavy atom. The molecule has 2 amide bonds. The van der Waals surface area contributed by atoms with Crippen molar-refractivity contribution in [2.24, 2.45) is 0 Å². The standard InChI is InChI=1S/C19H21N9O2/c1-27(2)16(29)10-28-6-5-15(26-28)25-19(30)17-18(23-13-7-20-11-21-8-13)22-9-14(24-17)12-3-4-12/h5-9,11-12H,3-4,10H2,1-2H3,(H,22,23)(H,25,26,30). The first kappa shape index (κ1) is 19.4. The van der Waals surface area contributed by atoms with E-state index in [4.69, 9.17) is 0 Å². The summed E-state index contributed by atoms with van der Waals surface area (Å²) in [6, 6.07) is 1.62. The third-order valence-electron chi connectivity index (χ3n) is 4.50. The van der Waals surface area contributed by atoms with Crippen molar-refractivity contribution in [1.82, 2.24) is 34.6 Å². The molecule has 30 heavy (non-hydrogen) atoms. The van der Waals surface area contributed by atoms with Crippen molar-refractivity contribution in [2.75, 3.05) is 24.7 Å². The van der Waals surface area contributed by atoms with Crippen LogP contribution in [0.25, 0.3) is 0 Å². The van der Waals surface area contributed by atoms with Crippen LogP contribution < -0.4 is 10.6 Å². The Balaban J connectivity index is 1.54. The summed E-state index contributed by atoms with van der Waals surface area (Å²) in [7, 11) is 3.35. The van der Waals surface area contributed by atoms with Gasteiger partial charge in [-0.05, 0) is 12.8 Å². The summed E-state index contributed by atoms with van der Waals surface area (Å²) < 4.78 is 1.46. The summed E-state index contributed by atoms with van der Waals surface area (Å²) in [5.41, 5.74) is 1.53. The van der Waals surface area contributed by atoms with Crippen molar-refractivity contribution in [3.8, 4) is 0 Å². The number of carbonyl (C=O) groups excluding carboxylic acids is 2. The van der Waals surface area contributed by atoms with Gasteiger partial charge in [-0.1, -0.05) is 0 Å². The first-order chi connectivity index (χ1) is 14.5. The average Bonchev–Trinajstić information content (AvgIpc) is 3.50. The van der Waals surface area contributed by atoms with E-state index in [0.717, 1.165) is 18.5 Å². The molecule has 154 valence electrons. The number of anilines is 3. The van der Waals surface area contributed by atoms with E-state index < -0.39 is 5.91 Å². The number of nitrogens with zero attached hydrogens (tertiary/aromatic N) is 7. The van der Waals surface area contributed by atoms with Crippen LogP contribution in [0.2, 0.25) is 0 Å². The number of likely N-dealkylation sites (N-methyl/N-ethyl adjacent to an activating group) is 1. The number of amides is 2. The number of nitrogens with one attached hydrogen (secondary N) is 2. The highest BCUT2D eigenvalue weighted by Crippen LogP contribution is 2.39. The minimum atomic E-state index is -0.450. The van der Waals surface area contributed by atoms with Crippen LogP contribution in [0.4, 0.5) is 17.3 Å². The van der Waals surface area contributed by atoms with E-state index in [1.54, 1.807) is 44.9 Å². The maximum absolute atomic E-state index is 13.0. The highest BCUT2D eigenvalue weighted by atomic mass is 16.2. The quantitative estimate of drug-likeness (QED) is 0.601. The molecule has 3 heterocycles. The molecule has 1 aliphatic rings. The van der Waals surface area contributed by atoms with Crippen molar-refractivity contribution in [3.05, 3.63) is 48.6 Å². The smallest absolute Gasteiger partial charge is 0.279 e. The van der Waals surface area contributed by atoms with Crippen molar-refractivity contribution in [2.45, 2.75) is 25.3 Å². The molecule has 1 saturated carbocycles. The van der Waals surface area contributed by atoms with Gasteiger partial charge in [-0.3, -0.25) is 14.3 Å². The highest BCUT2D eigenvalue weighted by Gasteiger charge is 2.28. The summed E-state index contributed by atoms with van der Waals surface area (Å²) in [6.07, 6.45) is 9.96. The predicted octanol–water partition coefficient (Wildman–Crippen LogP) is 1.42. The minimum absolute atomic E-state index is 0.0840. The Morgan fingerprint density at radius 1 is 1.20 bits per heavy atom. The van der Waals surface area contributed by atoms with Gasteiger partial charge in [0.1, 0.15) is 12.9 Å². The molecule has 0 atom stereocenters. The van der Waals surface area contributed by atoms with Gasteiger partial charge in [0.2, 0.25) is 5.91 Å². The van der Waals surface area contributed by atoms with E-state index in [-0.39, 0.29) is 18.1 Å². The summed E-state index contributed by atoms with van der Waals surface area (Å²) in [5, 5.41) is 9.99. The maximum atomic E-state index is 13.0. The van der Waals surface area contributed by atoms with Crippen LogP contribution in [0.5, 0.6) is 0 Å². The number of rotatable bonds is 7. The Bertz CT molecular complexity index is 1060. The Morgan fingerprint density at radius 3 is 2.67 bits per heavy atom. The molecule has 3 aromatic heterocycles. The summed E-state index contributed by atoms with van der Waals surface area (Å²) in [4.78, 5) is 43.1. The summed E-state index contributed by atoms with van der Waals surface area (Å²) >= 11 is 0. The highest BCUT2D eigenvalue weighted by molar-refractivity contribution is 6.05. The minimum Gasteiger partial charge on any atom is -0.347 e. The molecule has 3 aromatic rings. The molecular weight excluding hydrogens is 386 g/mol. The molecule has 0 unspecified atom stereocenters. The molecule has 1 aliphatic carbocycles. The lowest BCUT2D eigenvalue weighted by Crippen LogP contribution is -2.26. The summed E-state index contributed by atoms with van der Waals surface area (Å²) in [5.74, 6) is 0.409. The van der Waals surface area contributed by atoms with E-state index in [2.05, 4.69) is 35.7 Å². The van der Waals surface area contributed by atoms with Gasteiger partial charge in [0.15, 0.2) is 17.3 Å². The molecule has 0 aliphatic heterocycles. The molecule has 0 saturated heterocycles. The van der Waals surface area contributed by atoms with Gasteiger partial charge in [0.25, 0.3) is 5.91 Å². The van der Waals surface area contributed by atoms with Crippen molar-refractivity contribution >= 4 is 29.1 Å². The fourth-order valence-corrected chi connectivity index (χ4v) is 2.70. The van der Waals surface area contributed by atoms with Crippen molar-refractivity contribution in [1.29, 1.82) is 0 Å². The van der Waals surface area contributed by atoms with Crippen LogP contribution in [-0.4, -0.2) is 60.5 Å². The van der Waals surface area contributed by atoms with E-state index in [9.17, 15) is 9.59 Å². The van der Waals surface area contributed by atoms with Gasteiger partial charge in [-0.25, -0.2) is 19.9 Å². The monoisotopic (exact) mass is 407 g/mol. The molecule has 0 spiro atoms. The third kappa shape index (κ3) is 4.57. The predicted molar refractivity (Wildman–Crippen MR) is 108 cm³/mol. The number of hydrogen-bond donors (Lipinski definition) is 2. The molecule has 2 N–H and O–H groups in total. The molecule has 0 bridgehead atoms. The fourth-order valence-electron chi connectivity index (χ4n) is 2.70. The number of carbonyl (C=O) groups is 2. The van der Waals surface area contributed by atoms with Crippen LogP contribution in [0, 0.1) is 0 Å². The molecule has 4 rings (SSSR count). The number of aromatic nitrogens is 6. The van der Waals surface area contributed by atoms with Gasteiger partial charge >= 0.3 is 0 Å². The summed E-state index contributed by atoms with van der Waals surface area (Å²) in [6.45, 7) is 0.0840. The Hall–Kier alpha value is -3.89. The SMILES string of the molecule is CN(C)C(=O)Cn1ccc(NC(=O)c2nc(C3CC3)cnc2Nc2cncnc2)n1. The van der Waals surface area contributed by atoms with Crippen LogP contribution in [0.1, 0.15) is 34.9 Å². The van der Waals surface area contributed by atoms with Crippen LogP contribution >= 0.6 is 0 Å². The third-order valence-corrected chi connectivity index (χ3v) is 4.50. The molecule has 1 fully saturated rings. The Kier molecular flexibility index (Phi) is 5.33. The maximum Gasteiger partial charge on any atom is 0.279 e. The van der Waals surface area contributed by atoms with Gasteiger partial charge in [-0.15, -0.1) is 0 Å². The lowest BCUT2D eigenvalue weighted by molar-refractivity contribution is -0.129. The lowest BCUT2D eigenvalue weighted by atomic mass is 10.2. The van der Waals surface area contributed by atoms with E-state index in [1.165, 1.54) is 15.9 Å². The molecule has 0 radical (unpaired) electrons. The first-order valence-corrected chi connectivity index (χ1v) is 9.43. The number of hydrogen-bond acceptors (Lipinski definition) is 8. The van der Waals surface area contributed by atoms with Gasteiger partial charge < -0.3 is 15.5 Å². The van der Waals surface area contributed by atoms with Crippen LogP contribution in [-0.2, 0) is 11.3 Å². The van der Waals surface area contributed by atoms with Gasteiger partial charge in [0, 0.05) is 32.3 Å². The van der Waals surface area contributed by atoms with Gasteiger partial charge in [-0.2, -0.15) is 5.10 Å². The molecular formula is C19H21N9O2. The fraction of sp³-hybridized carbons (Fsp3) is 0.316. The zero-order valence-electron chi connectivity index (χ0n) is 16.6. The van der Waals surface area contributed by atoms with E-state index in [0.29, 0.717) is 23.2 Å². The molecule has 11 nitrogen and oxygen atoms in total. The topological polar surface area (TPSA) is 131 Å². The molecule has 11 heteroatoms. The second-order valence-corrected chi connectivity index (χ2v) is 7.16. The lowest BCUT2D eigenvalue weighted by Gasteiger charge is -2.11. The van der Waals surface area contributed by atoms with E-state index in [1.807, 2.05) is 0 Å². The van der Waals surface area contributed by atoms with Crippen molar-refractivity contribution in [3.63, 3.8) is 0 Å². The second-order valence-electron chi connectivity index (χ2n) is 7.16. The molecule has 0 aromatic carbocycles. The average molecular weight is 407 g/mol. The first-order valence-electron chi connectivity index (χ1n) is 9.43. The second kappa shape index (κ2) is 8.23.